The van der Waals surface area contributed by atoms with Gasteiger partial charge in [0.2, 0.25) is 0 Å². The zero-order chi connectivity index (χ0) is 13.9. The third kappa shape index (κ3) is 2.42. The quantitative estimate of drug-likeness (QED) is 0.778. The second-order valence-corrected chi connectivity index (χ2v) is 5.66. The standard InChI is InChI=1S/C17H16O2S/c1-19-16-9-10-20-17(16)15(18)11-13-7-4-6-12-5-2-3-8-14(12)13/h2-10,15,18H,11H2,1H3. The molecule has 0 amide bonds. The smallest absolute Gasteiger partial charge is 0.135 e. The molecular weight excluding hydrogens is 268 g/mol. The molecular formula is C17H16O2S. The third-order valence-electron chi connectivity index (χ3n) is 3.47. The Hall–Kier alpha value is -1.84. The molecule has 0 aliphatic rings. The average Bonchev–Trinajstić information content (AvgIpc) is 2.96. The minimum atomic E-state index is -0.532. The van der Waals surface area contributed by atoms with Gasteiger partial charge in [0.25, 0.3) is 0 Å². The summed E-state index contributed by atoms with van der Waals surface area (Å²) in [6.45, 7) is 0. The first kappa shape index (κ1) is 13.2. The maximum absolute atomic E-state index is 10.5. The van der Waals surface area contributed by atoms with E-state index in [2.05, 4.69) is 24.3 Å². The fraction of sp³-hybridized carbons (Fsp3) is 0.176. The van der Waals surface area contributed by atoms with Gasteiger partial charge in [-0.25, -0.2) is 0 Å². The Bertz CT molecular complexity index is 712. The molecule has 1 aromatic heterocycles. The zero-order valence-electron chi connectivity index (χ0n) is 11.2. The van der Waals surface area contributed by atoms with Gasteiger partial charge in [0.15, 0.2) is 0 Å². The monoisotopic (exact) mass is 284 g/mol. The number of thiophene rings is 1. The third-order valence-corrected chi connectivity index (χ3v) is 4.47. The lowest BCUT2D eigenvalue weighted by Crippen LogP contribution is -2.02. The highest BCUT2D eigenvalue weighted by Crippen LogP contribution is 2.33. The molecule has 0 bridgehead atoms. The predicted octanol–water partition coefficient (Wildman–Crippen LogP) is 4.19. The van der Waals surface area contributed by atoms with Crippen LogP contribution in [0.3, 0.4) is 0 Å². The Morgan fingerprint density at radius 1 is 1.10 bits per heavy atom. The van der Waals surface area contributed by atoms with Crippen LogP contribution < -0.4 is 4.74 Å². The number of aliphatic hydroxyl groups excluding tert-OH is 1. The van der Waals surface area contributed by atoms with Crippen molar-refractivity contribution >= 4 is 22.1 Å². The second kappa shape index (κ2) is 5.65. The summed E-state index contributed by atoms with van der Waals surface area (Å²) in [7, 11) is 1.64. The molecule has 0 spiro atoms. The van der Waals surface area contributed by atoms with Crippen molar-refractivity contribution in [3.05, 3.63) is 64.4 Å². The van der Waals surface area contributed by atoms with Gasteiger partial charge in [-0.15, -0.1) is 11.3 Å². The van der Waals surface area contributed by atoms with Crippen LogP contribution in [0.15, 0.2) is 53.9 Å². The van der Waals surface area contributed by atoms with E-state index in [1.54, 1.807) is 7.11 Å². The molecule has 0 aliphatic carbocycles. The van der Waals surface area contributed by atoms with Gasteiger partial charge in [0, 0.05) is 6.42 Å². The lowest BCUT2D eigenvalue weighted by molar-refractivity contribution is 0.178. The molecule has 102 valence electrons. The van der Waals surface area contributed by atoms with E-state index in [1.807, 2.05) is 29.6 Å². The zero-order valence-corrected chi connectivity index (χ0v) is 12.1. The van der Waals surface area contributed by atoms with Gasteiger partial charge in [-0.05, 0) is 27.8 Å². The largest absolute Gasteiger partial charge is 0.495 e. The van der Waals surface area contributed by atoms with Crippen molar-refractivity contribution in [1.29, 1.82) is 0 Å². The fourth-order valence-corrected chi connectivity index (χ4v) is 3.34. The topological polar surface area (TPSA) is 29.5 Å². The van der Waals surface area contributed by atoms with Crippen LogP contribution in [0.2, 0.25) is 0 Å². The molecule has 1 unspecified atom stereocenters. The first-order valence-electron chi connectivity index (χ1n) is 6.55. The van der Waals surface area contributed by atoms with Crippen molar-refractivity contribution in [2.45, 2.75) is 12.5 Å². The van der Waals surface area contributed by atoms with Crippen molar-refractivity contribution in [1.82, 2.24) is 0 Å². The molecule has 2 aromatic carbocycles. The molecule has 2 nitrogen and oxygen atoms in total. The van der Waals surface area contributed by atoms with Gasteiger partial charge in [0.05, 0.1) is 18.1 Å². The lowest BCUT2D eigenvalue weighted by atomic mass is 9.99. The molecule has 0 saturated heterocycles. The number of methoxy groups -OCH3 is 1. The Labute approximate surface area is 122 Å². The van der Waals surface area contributed by atoms with Gasteiger partial charge in [-0.2, -0.15) is 0 Å². The number of hydrogen-bond acceptors (Lipinski definition) is 3. The van der Waals surface area contributed by atoms with E-state index < -0.39 is 6.10 Å². The number of benzene rings is 2. The van der Waals surface area contributed by atoms with Crippen molar-refractivity contribution in [2.24, 2.45) is 0 Å². The van der Waals surface area contributed by atoms with Gasteiger partial charge >= 0.3 is 0 Å². The van der Waals surface area contributed by atoms with Crippen LogP contribution in [0.25, 0.3) is 10.8 Å². The number of fused-ring (bicyclic) bond motifs is 1. The van der Waals surface area contributed by atoms with Crippen LogP contribution in [0.1, 0.15) is 16.5 Å². The number of hydrogen-bond donors (Lipinski definition) is 1. The van der Waals surface area contributed by atoms with E-state index >= 15 is 0 Å². The first-order valence-corrected chi connectivity index (χ1v) is 7.43. The molecule has 3 heteroatoms. The van der Waals surface area contributed by atoms with Crippen LogP contribution in [0.5, 0.6) is 5.75 Å². The molecule has 1 atom stereocenters. The number of rotatable bonds is 4. The van der Waals surface area contributed by atoms with E-state index in [0.717, 1.165) is 16.2 Å². The summed E-state index contributed by atoms with van der Waals surface area (Å²) in [4.78, 5) is 0.889. The molecule has 3 aromatic rings. The number of aliphatic hydroxyl groups is 1. The molecule has 20 heavy (non-hydrogen) atoms. The summed E-state index contributed by atoms with van der Waals surface area (Å²) in [6, 6.07) is 16.4. The maximum Gasteiger partial charge on any atom is 0.135 e. The molecule has 0 aliphatic heterocycles. The Morgan fingerprint density at radius 2 is 1.90 bits per heavy atom. The fourth-order valence-electron chi connectivity index (χ4n) is 2.49. The predicted molar refractivity (Wildman–Crippen MR) is 83.5 cm³/mol. The summed E-state index contributed by atoms with van der Waals surface area (Å²) in [6.07, 6.45) is 0.0638. The first-order chi connectivity index (χ1) is 9.79. The minimum absolute atomic E-state index is 0.532. The van der Waals surface area contributed by atoms with Gasteiger partial charge in [-0.1, -0.05) is 42.5 Å². The van der Waals surface area contributed by atoms with Crippen molar-refractivity contribution in [2.75, 3.05) is 7.11 Å². The van der Waals surface area contributed by atoms with E-state index in [0.29, 0.717) is 6.42 Å². The average molecular weight is 284 g/mol. The van der Waals surface area contributed by atoms with Crippen LogP contribution >= 0.6 is 11.3 Å². The van der Waals surface area contributed by atoms with E-state index in [9.17, 15) is 5.11 Å². The Balaban J connectivity index is 1.93. The number of ether oxygens (including phenoxy) is 1. The van der Waals surface area contributed by atoms with E-state index in [4.69, 9.17) is 4.74 Å². The minimum Gasteiger partial charge on any atom is -0.495 e. The highest BCUT2D eigenvalue weighted by molar-refractivity contribution is 7.10. The van der Waals surface area contributed by atoms with Gasteiger partial charge in [-0.3, -0.25) is 0 Å². The SMILES string of the molecule is COc1ccsc1C(O)Cc1cccc2ccccc12. The molecule has 3 rings (SSSR count). The van der Waals surface area contributed by atoms with Crippen LogP contribution in [0.4, 0.5) is 0 Å². The molecule has 0 fully saturated rings. The molecule has 0 radical (unpaired) electrons. The summed E-state index contributed by atoms with van der Waals surface area (Å²) < 4.78 is 5.28. The van der Waals surface area contributed by atoms with Gasteiger partial charge < -0.3 is 9.84 Å². The molecule has 1 N–H and O–H groups in total. The van der Waals surface area contributed by atoms with E-state index in [-0.39, 0.29) is 0 Å². The maximum atomic E-state index is 10.5. The second-order valence-electron chi connectivity index (χ2n) is 4.71. The van der Waals surface area contributed by atoms with Crippen molar-refractivity contribution in [3.8, 4) is 5.75 Å². The molecule has 1 heterocycles. The lowest BCUT2D eigenvalue weighted by Gasteiger charge is -2.13. The van der Waals surface area contributed by atoms with Crippen LogP contribution in [0, 0.1) is 0 Å². The van der Waals surface area contributed by atoms with Gasteiger partial charge in [0.1, 0.15) is 5.75 Å². The van der Waals surface area contributed by atoms with Crippen LogP contribution in [-0.4, -0.2) is 12.2 Å². The molecule has 0 saturated carbocycles. The summed E-state index contributed by atoms with van der Waals surface area (Å²) in [5.74, 6) is 0.766. The summed E-state index contributed by atoms with van der Waals surface area (Å²) in [5, 5.41) is 14.8. The van der Waals surface area contributed by atoms with Crippen molar-refractivity contribution in [3.63, 3.8) is 0 Å². The highest BCUT2D eigenvalue weighted by atomic mass is 32.1. The van der Waals surface area contributed by atoms with E-state index in [1.165, 1.54) is 22.1 Å². The summed E-state index contributed by atoms with van der Waals surface area (Å²) >= 11 is 1.53. The summed E-state index contributed by atoms with van der Waals surface area (Å²) in [5.41, 5.74) is 1.16. The normalized spacial score (nSPS) is 12.5. The van der Waals surface area contributed by atoms with Crippen LogP contribution in [-0.2, 0) is 6.42 Å². The Morgan fingerprint density at radius 3 is 2.75 bits per heavy atom. The Kier molecular flexibility index (Phi) is 3.72. The highest BCUT2D eigenvalue weighted by Gasteiger charge is 2.16. The van der Waals surface area contributed by atoms with Crippen molar-refractivity contribution < 1.29 is 9.84 Å².